The van der Waals surface area contributed by atoms with Crippen molar-refractivity contribution in [2.75, 3.05) is 5.32 Å². The van der Waals surface area contributed by atoms with Gasteiger partial charge in [-0.1, -0.05) is 25.4 Å². The summed E-state index contributed by atoms with van der Waals surface area (Å²) in [6, 6.07) is 1.60. The first-order chi connectivity index (χ1) is 11.1. The molecular weight excluding hydrogens is 312 g/mol. The van der Waals surface area contributed by atoms with E-state index >= 15 is 0 Å². The van der Waals surface area contributed by atoms with Gasteiger partial charge in [0.05, 0.1) is 17.9 Å². The number of hydrogen-bond acceptors (Lipinski definition) is 5. The van der Waals surface area contributed by atoms with E-state index in [1.54, 1.807) is 11.3 Å². The minimum Gasteiger partial charge on any atom is -0.359 e. The summed E-state index contributed by atoms with van der Waals surface area (Å²) in [5.41, 5.74) is 2.05. The van der Waals surface area contributed by atoms with Crippen LogP contribution in [-0.2, 0) is 19.4 Å². The number of nitrogens with one attached hydrogen (secondary N) is 2. The van der Waals surface area contributed by atoms with E-state index in [0.29, 0.717) is 23.4 Å². The van der Waals surface area contributed by atoms with E-state index in [-0.39, 0.29) is 6.03 Å². The van der Waals surface area contributed by atoms with Gasteiger partial charge in [-0.15, -0.1) is 11.3 Å². The van der Waals surface area contributed by atoms with Crippen molar-refractivity contribution in [2.24, 2.45) is 0 Å². The van der Waals surface area contributed by atoms with Crippen LogP contribution in [0.1, 0.15) is 61.1 Å². The molecule has 0 spiro atoms. The summed E-state index contributed by atoms with van der Waals surface area (Å²) in [5, 5.41) is 10.2. The van der Waals surface area contributed by atoms with Crippen LogP contribution in [0.4, 0.5) is 9.93 Å². The lowest BCUT2D eigenvalue weighted by atomic mass is 10.1. The number of nitrogens with zero attached hydrogens (tertiary/aromatic N) is 2. The fraction of sp³-hybridized carbons (Fsp3) is 0.562. The third kappa shape index (κ3) is 4.10. The monoisotopic (exact) mass is 334 g/mol. The summed E-state index contributed by atoms with van der Waals surface area (Å²) in [5.74, 6) is 0.964. The predicted molar refractivity (Wildman–Crippen MR) is 89.8 cm³/mol. The minimum absolute atomic E-state index is 0.267. The van der Waals surface area contributed by atoms with E-state index in [1.165, 1.54) is 24.1 Å². The lowest BCUT2D eigenvalue weighted by Crippen LogP contribution is -2.27. The second-order valence-corrected chi connectivity index (χ2v) is 7.21. The summed E-state index contributed by atoms with van der Waals surface area (Å²) in [6.45, 7) is 4.42. The van der Waals surface area contributed by atoms with Crippen LogP contribution in [0.2, 0.25) is 0 Å². The van der Waals surface area contributed by atoms with Crippen molar-refractivity contribution in [1.29, 1.82) is 0 Å². The zero-order valence-electron chi connectivity index (χ0n) is 13.5. The van der Waals surface area contributed by atoms with E-state index in [4.69, 9.17) is 4.52 Å². The molecule has 1 aliphatic rings. The van der Waals surface area contributed by atoms with Crippen LogP contribution >= 0.6 is 11.3 Å². The smallest absolute Gasteiger partial charge is 0.321 e. The predicted octanol–water partition coefficient (Wildman–Crippen LogP) is 3.85. The number of carbonyl (C=O) groups excluding carboxylic acids is 1. The van der Waals surface area contributed by atoms with Gasteiger partial charge in [0.2, 0.25) is 0 Å². The van der Waals surface area contributed by atoms with Gasteiger partial charge in [0.25, 0.3) is 0 Å². The maximum atomic E-state index is 12.0. The van der Waals surface area contributed by atoms with Crippen LogP contribution < -0.4 is 10.6 Å². The largest absolute Gasteiger partial charge is 0.359 e. The van der Waals surface area contributed by atoms with Gasteiger partial charge >= 0.3 is 6.03 Å². The Morgan fingerprint density at radius 3 is 2.96 bits per heavy atom. The minimum atomic E-state index is -0.267. The highest BCUT2D eigenvalue weighted by Gasteiger charge is 2.15. The molecule has 0 saturated carbocycles. The first-order valence-corrected chi connectivity index (χ1v) is 8.92. The van der Waals surface area contributed by atoms with Gasteiger partial charge in [0.15, 0.2) is 10.9 Å². The first kappa shape index (κ1) is 16.0. The summed E-state index contributed by atoms with van der Waals surface area (Å²) < 4.78 is 5.20. The van der Waals surface area contributed by atoms with Gasteiger partial charge in [-0.25, -0.2) is 9.78 Å². The normalized spacial score (nSPS) is 14.4. The van der Waals surface area contributed by atoms with Crippen LogP contribution in [-0.4, -0.2) is 16.2 Å². The maximum absolute atomic E-state index is 12.0. The zero-order valence-corrected chi connectivity index (χ0v) is 14.3. The lowest BCUT2D eigenvalue weighted by Gasteiger charge is -2.02. The molecular formula is C16H22N4O2S. The molecule has 0 atom stereocenters. The van der Waals surface area contributed by atoms with Gasteiger partial charge in [-0.3, -0.25) is 5.32 Å². The molecule has 2 heterocycles. The number of thiazole rings is 1. The Hall–Kier alpha value is -1.89. The third-order valence-electron chi connectivity index (χ3n) is 3.91. The van der Waals surface area contributed by atoms with Crippen molar-refractivity contribution in [3.63, 3.8) is 0 Å². The highest BCUT2D eigenvalue weighted by atomic mass is 32.1. The highest BCUT2D eigenvalue weighted by Crippen LogP contribution is 2.28. The molecule has 0 radical (unpaired) electrons. The second kappa shape index (κ2) is 7.12. The number of aromatic nitrogens is 2. The van der Waals surface area contributed by atoms with Gasteiger partial charge < -0.3 is 9.84 Å². The first-order valence-electron chi connectivity index (χ1n) is 8.10. The van der Waals surface area contributed by atoms with Crippen LogP contribution in [0.15, 0.2) is 10.6 Å². The Bertz CT molecular complexity index is 654. The average Bonchev–Trinajstić information content (AvgIpc) is 3.08. The summed E-state index contributed by atoms with van der Waals surface area (Å²) in [7, 11) is 0. The van der Waals surface area contributed by atoms with Crippen molar-refractivity contribution in [2.45, 2.75) is 58.4 Å². The number of carbonyl (C=O) groups is 1. The van der Waals surface area contributed by atoms with Gasteiger partial charge in [-0.05, 0) is 31.6 Å². The molecule has 2 aromatic heterocycles. The average molecular weight is 334 g/mol. The molecule has 7 heteroatoms. The second-order valence-electron chi connectivity index (χ2n) is 6.13. The van der Waals surface area contributed by atoms with E-state index in [0.717, 1.165) is 24.2 Å². The molecule has 2 N–H and O–H groups in total. The molecule has 6 nitrogen and oxygen atoms in total. The van der Waals surface area contributed by atoms with Gasteiger partial charge in [0, 0.05) is 10.9 Å². The molecule has 0 bridgehead atoms. The van der Waals surface area contributed by atoms with E-state index in [9.17, 15) is 4.79 Å². The van der Waals surface area contributed by atoms with Crippen LogP contribution in [0.25, 0.3) is 0 Å². The van der Waals surface area contributed by atoms with Crippen molar-refractivity contribution in [3.8, 4) is 0 Å². The molecule has 0 unspecified atom stereocenters. The molecule has 0 aromatic carbocycles. The van der Waals surface area contributed by atoms with Gasteiger partial charge in [-0.2, -0.15) is 0 Å². The third-order valence-corrected chi connectivity index (χ3v) is 4.98. The fourth-order valence-corrected chi connectivity index (χ4v) is 3.62. The molecule has 0 fully saturated rings. The summed E-state index contributed by atoms with van der Waals surface area (Å²) >= 11 is 1.59. The Labute approximate surface area is 139 Å². The lowest BCUT2D eigenvalue weighted by molar-refractivity contribution is 0.250. The highest BCUT2D eigenvalue weighted by molar-refractivity contribution is 7.15. The molecule has 0 saturated heterocycles. The standard InChI is InChI=1S/C16H22N4O2S/c1-10(2)13-8-11(22-20-13)9-17-15(21)19-16-18-12-6-4-3-5-7-14(12)23-16/h8,10H,3-7,9H2,1-2H3,(H2,17,18,19,21). The molecule has 3 rings (SSSR count). The number of urea groups is 1. The molecule has 0 aliphatic heterocycles. The van der Waals surface area contributed by atoms with Crippen LogP contribution in [0.5, 0.6) is 0 Å². The topological polar surface area (TPSA) is 80.0 Å². The van der Waals surface area contributed by atoms with E-state index in [1.807, 2.05) is 19.9 Å². The molecule has 2 aromatic rings. The van der Waals surface area contributed by atoms with Crippen molar-refractivity contribution < 1.29 is 9.32 Å². The van der Waals surface area contributed by atoms with Gasteiger partial charge in [0.1, 0.15) is 0 Å². The number of amides is 2. The van der Waals surface area contributed by atoms with Crippen LogP contribution in [0, 0.1) is 0 Å². The summed E-state index contributed by atoms with van der Waals surface area (Å²) in [6.07, 6.45) is 5.76. The van der Waals surface area contributed by atoms with E-state index < -0.39 is 0 Å². The van der Waals surface area contributed by atoms with Crippen molar-refractivity contribution in [1.82, 2.24) is 15.5 Å². The summed E-state index contributed by atoms with van der Waals surface area (Å²) in [4.78, 5) is 17.8. The molecule has 23 heavy (non-hydrogen) atoms. The molecule has 2 amide bonds. The fourth-order valence-electron chi connectivity index (χ4n) is 2.58. The number of fused-ring (bicyclic) bond motifs is 1. The Morgan fingerprint density at radius 1 is 1.35 bits per heavy atom. The quantitative estimate of drug-likeness (QED) is 0.832. The Morgan fingerprint density at radius 2 is 2.17 bits per heavy atom. The Balaban J connectivity index is 1.53. The van der Waals surface area contributed by atoms with E-state index in [2.05, 4.69) is 20.8 Å². The zero-order chi connectivity index (χ0) is 16.2. The van der Waals surface area contributed by atoms with Crippen molar-refractivity contribution >= 4 is 22.5 Å². The molecule has 1 aliphatic carbocycles. The maximum Gasteiger partial charge on any atom is 0.321 e. The number of hydrogen-bond donors (Lipinski definition) is 2. The Kier molecular flexibility index (Phi) is 4.95. The van der Waals surface area contributed by atoms with Crippen LogP contribution in [0.3, 0.4) is 0 Å². The SMILES string of the molecule is CC(C)c1cc(CNC(=O)Nc2nc3c(s2)CCCCC3)on1. The molecule has 124 valence electrons. The number of anilines is 1. The number of rotatable bonds is 4. The number of aryl methyl sites for hydroxylation is 2. The van der Waals surface area contributed by atoms with Crippen molar-refractivity contribution in [3.05, 3.63) is 28.1 Å².